The maximum atomic E-state index is 11.0. The van der Waals surface area contributed by atoms with Gasteiger partial charge in [-0.2, -0.15) is 0 Å². The average Bonchev–Trinajstić information content (AvgIpc) is 2.46. The molecule has 20 heavy (non-hydrogen) atoms. The van der Waals surface area contributed by atoms with Crippen LogP contribution in [0.5, 0.6) is 0 Å². The molecule has 7 heteroatoms. The van der Waals surface area contributed by atoms with Crippen LogP contribution in [0.3, 0.4) is 0 Å². The largest absolute Gasteiger partial charge is 0.377 e. The molecule has 1 aromatic carbocycles. The van der Waals surface area contributed by atoms with Crippen molar-refractivity contribution in [1.29, 1.82) is 0 Å². The highest BCUT2D eigenvalue weighted by Gasteiger charge is 2.31. The minimum absolute atomic E-state index is 0.0279. The van der Waals surface area contributed by atoms with Gasteiger partial charge in [-0.05, 0) is 25.8 Å². The Kier molecular flexibility index (Phi) is 4.10. The monoisotopic (exact) mass is 280 g/mol. The van der Waals surface area contributed by atoms with Crippen LogP contribution in [-0.4, -0.2) is 30.7 Å². The lowest BCUT2D eigenvalue weighted by Gasteiger charge is -2.40. The van der Waals surface area contributed by atoms with Gasteiger partial charge in [0.15, 0.2) is 0 Å². The highest BCUT2D eigenvalue weighted by Crippen LogP contribution is 2.32. The fourth-order valence-electron chi connectivity index (χ4n) is 2.56. The highest BCUT2D eigenvalue weighted by molar-refractivity contribution is 5.64. The maximum Gasteiger partial charge on any atom is 0.273 e. The summed E-state index contributed by atoms with van der Waals surface area (Å²) in [7, 11) is 1.70. The van der Waals surface area contributed by atoms with Gasteiger partial charge in [0.1, 0.15) is 0 Å². The van der Waals surface area contributed by atoms with Crippen molar-refractivity contribution in [3.05, 3.63) is 28.3 Å². The van der Waals surface area contributed by atoms with Crippen molar-refractivity contribution >= 4 is 17.1 Å². The number of methoxy groups -OCH3 is 1. The van der Waals surface area contributed by atoms with Crippen LogP contribution >= 0.6 is 0 Å². The number of ether oxygens (including phenoxy) is 1. The molecule has 0 radical (unpaired) electrons. The summed E-state index contributed by atoms with van der Waals surface area (Å²) in [5, 5.41) is 11.0. The van der Waals surface area contributed by atoms with Crippen LogP contribution < -0.4 is 16.2 Å². The zero-order valence-electron chi connectivity index (χ0n) is 11.8. The van der Waals surface area contributed by atoms with Gasteiger partial charge in [0, 0.05) is 38.0 Å². The van der Waals surface area contributed by atoms with E-state index in [4.69, 9.17) is 10.6 Å². The number of nitrogens with one attached hydrogen (secondary N) is 1. The molecule has 1 fully saturated rings. The molecule has 0 saturated carbocycles. The summed E-state index contributed by atoms with van der Waals surface area (Å²) in [5.74, 6) is 5.38. The summed E-state index contributed by atoms with van der Waals surface area (Å²) in [6.07, 6.45) is 1.97. The fraction of sp³-hybridized carbons (Fsp3) is 0.538. The van der Waals surface area contributed by atoms with Crippen LogP contribution in [0, 0.1) is 10.1 Å². The molecule has 1 aromatic rings. The Bertz CT molecular complexity index is 508. The summed E-state index contributed by atoms with van der Waals surface area (Å²) in [6.45, 7) is 3.61. The van der Waals surface area contributed by atoms with Crippen molar-refractivity contribution in [2.24, 2.45) is 5.84 Å². The lowest BCUT2D eigenvalue weighted by atomic mass is 9.94. The Hall–Kier alpha value is -1.86. The van der Waals surface area contributed by atoms with Crippen molar-refractivity contribution in [3.8, 4) is 0 Å². The van der Waals surface area contributed by atoms with Crippen LogP contribution in [0.1, 0.15) is 19.8 Å². The van der Waals surface area contributed by atoms with Gasteiger partial charge in [0.25, 0.3) is 5.69 Å². The average molecular weight is 280 g/mol. The van der Waals surface area contributed by atoms with E-state index in [1.807, 2.05) is 6.07 Å². The molecule has 0 amide bonds. The van der Waals surface area contributed by atoms with E-state index in [2.05, 4.69) is 17.2 Å². The van der Waals surface area contributed by atoms with Crippen molar-refractivity contribution in [2.75, 3.05) is 30.5 Å². The van der Waals surface area contributed by atoms with Crippen LogP contribution in [0.25, 0.3) is 0 Å². The van der Waals surface area contributed by atoms with Crippen LogP contribution in [0.4, 0.5) is 17.1 Å². The minimum atomic E-state index is -0.413. The van der Waals surface area contributed by atoms with Crippen molar-refractivity contribution < 1.29 is 9.66 Å². The number of benzene rings is 1. The van der Waals surface area contributed by atoms with E-state index in [1.165, 1.54) is 6.07 Å². The molecule has 0 bridgehead atoms. The standard InChI is InChI=1S/C13H20N4O3/c1-13(20-2)4-3-5-16(9-13)11-6-10(15-14)7-12(8-11)17(18)19/h6-8,15H,3-5,9,14H2,1-2H3. The molecule has 0 aromatic heterocycles. The summed E-state index contributed by atoms with van der Waals surface area (Å²) < 4.78 is 5.55. The summed E-state index contributed by atoms with van der Waals surface area (Å²) in [6, 6.07) is 4.81. The second-order valence-electron chi connectivity index (χ2n) is 5.32. The van der Waals surface area contributed by atoms with Gasteiger partial charge in [0.2, 0.25) is 0 Å². The van der Waals surface area contributed by atoms with Crippen molar-refractivity contribution in [1.82, 2.24) is 0 Å². The smallest absolute Gasteiger partial charge is 0.273 e. The number of nitro groups is 1. The molecular weight excluding hydrogens is 260 g/mol. The number of hydrogen-bond acceptors (Lipinski definition) is 6. The Morgan fingerprint density at radius 2 is 2.25 bits per heavy atom. The minimum Gasteiger partial charge on any atom is -0.377 e. The predicted octanol–water partition coefficient (Wildman–Crippen LogP) is 1.89. The maximum absolute atomic E-state index is 11.0. The molecule has 1 unspecified atom stereocenters. The van der Waals surface area contributed by atoms with E-state index < -0.39 is 4.92 Å². The van der Waals surface area contributed by atoms with E-state index in [1.54, 1.807) is 13.2 Å². The summed E-state index contributed by atoms with van der Waals surface area (Å²) >= 11 is 0. The first kappa shape index (κ1) is 14.5. The third-order valence-corrected chi connectivity index (χ3v) is 3.80. The molecular formula is C13H20N4O3. The van der Waals surface area contributed by atoms with Crippen LogP contribution in [-0.2, 0) is 4.74 Å². The number of nitro benzene ring substituents is 1. The van der Waals surface area contributed by atoms with E-state index in [-0.39, 0.29) is 11.3 Å². The first-order valence-electron chi connectivity index (χ1n) is 6.54. The van der Waals surface area contributed by atoms with E-state index in [9.17, 15) is 10.1 Å². The second kappa shape index (κ2) is 5.64. The van der Waals surface area contributed by atoms with Gasteiger partial charge < -0.3 is 15.1 Å². The molecule has 110 valence electrons. The summed E-state index contributed by atoms with van der Waals surface area (Å²) in [5.41, 5.74) is 3.59. The number of nitrogens with two attached hydrogens (primary N) is 1. The second-order valence-corrected chi connectivity index (χ2v) is 5.32. The van der Waals surface area contributed by atoms with Crippen LogP contribution in [0.2, 0.25) is 0 Å². The number of hydrogen-bond donors (Lipinski definition) is 2. The molecule has 0 spiro atoms. The highest BCUT2D eigenvalue weighted by atomic mass is 16.6. The molecule has 1 heterocycles. The lowest BCUT2D eigenvalue weighted by molar-refractivity contribution is -0.384. The zero-order chi connectivity index (χ0) is 14.8. The van der Waals surface area contributed by atoms with Crippen molar-refractivity contribution in [3.63, 3.8) is 0 Å². The molecule has 0 aliphatic carbocycles. The number of piperidine rings is 1. The number of nitrogen functional groups attached to an aromatic ring is 1. The Balaban J connectivity index is 2.31. The Morgan fingerprint density at radius 1 is 1.50 bits per heavy atom. The van der Waals surface area contributed by atoms with Gasteiger partial charge in [-0.25, -0.2) is 0 Å². The Morgan fingerprint density at radius 3 is 2.85 bits per heavy atom. The quantitative estimate of drug-likeness (QED) is 0.497. The molecule has 3 N–H and O–H groups in total. The Labute approximate surface area is 117 Å². The van der Waals surface area contributed by atoms with Gasteiger partial charge in [0.05, 0.1) is 16.2 Å². The molecule has 2 rings (SSSR count). The van der Waals surface area contributed by atoms with Crippen LogP contribution in [0.15, 0.2) is 18.2 Å². The third kappa shape index (κ3) is 3.00. The molecule has 7 nitrogen and oxygen atoms in total. The van der Waals surface area contributed by atoms with Gasteiger partial charge in [-0.1, -0.05) is 0 Å². The van der Waals surface area contributed by atoms with Crippen molar-refractivity contribution in [2.45, 2.75) is 25.4 Å². The number of hydrazine groups is 1. The van der Waals surface area contributed by atoms with E-state index >= 15 is 0 Å². The predicted molar refractivity (Wildman–Crippen MR) is 77.8 cm³/mol. The fourth-order valence-corrected chi connectivity index (χ4v) is 2.56. The first-order valence-corrected chi connectivity index (χ1v) is 6.54. The molecule has 1 saturated heterocycles. The van der Waals surface area contributed by atoms with E-state index in [0.29, 0.717) is 12.2 Å². The number of nitrogens with zero attached hydrogens (tertiary/aromatic N) is 2. The zero-order valence-corrected chi connectivity index (χ0v) is 11.8. The van der Waals surface area contributed by atoms with Gasteiger partial charge in [-0.15, -0.1) is 0 Å². The summed E-state index contributed by atoms with van der Waals surface area (Å²) in [4.78, 5) is 12.7. The van der Waals surface area contributed by atoms with E-state index in [0.717, 1.165) is 25.1 Å². The first-order chi connectivity index (χ1) is 9.47. The molecule has 1 aliphatic heterocycles. The topological polar surface area (TPSA) is 93.7 Å². The number of rotatable bonds is 4. The van der Waals surface area contributed by atoms with Gasteiger partial charge >= 0.3 is 0 Å². The molecule has 1 aliphatic rings. The number of non-ortho nitro benzene ring substituents is 1. The lowest BCUT2D eigenvalue weighted by Crippen LogP contribution is -2.47. The van der Waals surface area contributed by atoms with Gasteiger partial charge in [-0.3, -0.25) is 16.0 Å². The SMILES string of the molecule is COC1(C)CCCN(c2cc(NN)cc([N+](=O)[O-])c2)C1. The third-order valence-electron chi connectivity index (χ3n) is 3.80. The normalized spacial score (nSPS) is 22.6. The molecule has 1 atom stereocenters. The number of anilines is 2.